The number of carbonyl (C=O) groups is 1. The van der Waals surface area contributed by atoms with E-state index in [1.165, 1.54) is 70.6 Å². The highest BCUT2D eigenvalue weighted by Crippen LogP contribution is 2.13. The fourth-order valence-corrected chi connectivity index (χ4v) is 4.52. The lowest BCUT2D eigenvalue weighted by Crippen LogP contribution is -2.15. The van der Waals surface area contributed by atoms with Gasteiger partial charge in [0.15, 0.2) is 0 Å². The van der Waals surface area contributed by atoms with Crippen LogP contribution in [0.25, 0.3) is 0 Å². The molecule has 0 aromatic heterocycles. The summed E-state index contributed by atoms with van der Waals surface area (Å²) in [4.78, 5) is 11.9. The molecule has 10 nitrogen and oxygen atoms in total. The molecular weight excluding hydrogens is 604 g/mol. The predicted octanol–water partition coefficient (Wildman–Crippen LogP) is 7.19. The third-order valence-electron chi connectivity index (χ3n) is 7.68. The lowest BCUT2D eigenvalue weighted by atomic mass is 10.0. The molecule has 0 aliphatic rings. The van der Waals surface area contributed by atoms with Gasteiger partial charge in [-0.1, -0.05) is 104 Å². The summed E-state index contributed by atoms with van der Waals surface area (Å²) in [5.41, 5.74) is 0. The molecular formula is C37H74O10. The molecule has 10 heteroatoms. The molecule has 0 saturated carbocycles. The van der Waals surface area contributed by atoms with Crippen LogP contribution in [0.15, 0.2) is 0 Å². The monoisotopic (exact) mass is 679 g/mol. The fraction of sp³-hybridized carbons (Fsp3) is 0.973. The first kappa shape index (κ1) is 46.1. The predicted molar refractivity (Wildman–Crippen MR) is 187 cm³/mol. The van der Waals surface area contributed by atoms with Gasteiger partial charge < -0.3 is 42.6 Å². The maximum atomic E-state index is 11.9. The smallest absolute Gasteiger partial charge is 0.305 e. The van der Waals surface area contributed by atoms with E-state index < -0.39 is 0 Å². The van der Waals surface area contributed by atoms with E-state index in [0.29, 0.717) is 118 Å². The summed E-state index contributed by atoms with van der Waals surface area (Å²) >= 11 is 0. The fourth-order valence-electron chi connectivity index (χ4n) is 4.52. The molecule has 0 heterocycles. The van der Waals surface area contributed by atoms with E-state index in [4.69, 9.17) is 42.6 Å². The largest absolute Gasteiger partial charge is 0.463 e. The average molecular weight is 679 g/mol. The standard InChI is InChI=1S/C37H74O10/c1-4-6-7-8-9-10-11-12-13-14-15-16-17-18-37(38)47-34-33-45-30-29-43-26-25-41-22-21-39-19-20-40-23-24-42-27-28-44-31-32-46-35-36(3)5-2/h36H,4-35H2,1-3H3. The zero-order valence-electron chi connectivity index (χ0n) is 30.8. The topological polar surface area (TPSA) is 100 Å². The van der Waals surface area contributed by atoms with Crippen LogP contribution in [0.1, 0.15) is 117 Å². The summed E-state index contributed by atoms with van der Waals surface area (Å²) in [6.45, 7) is 15.5. The van der Waals surface area contributed by atoms with E-state index in [2.05, 4.69) is 20.8 Å². The summed E-state index contributed by atoms with van der Waals surface area (Å²) < 4.78 is 49.2. The molecule has 0 saturated heterocycles. The van der Waals surface area contributed by atoms with Gasteiger partial charge in [0.25, 0.3) is 0 Å². The van der Waals surface area contributed by atoms with Gasteiger partial charge in [0.2, 0.25) is 0 Å². The van der Waals surface area contributed by atoms with Crippen LogP contribution in [0.2, 0.25) is 0 Å². The van der Waals surface area contributed by atoms with E-state index >= 15 is 0 Å². The highest BCUT2D eigenvalue weighted by molar-refractivity contribution is 5.69. The Hall–Kier alpha value is -0.850. The first-order valence-electron chi connectivity index (χ1n) is 19.0. The van der Waals surface area contributed by atoms with E-state index in [-0.39, 0.29) is 5.97 Å². The molecule has 0 spiro atoms. The van der Waals surface area contributed by atoms with Gasteiger partial charge in [0.1, 0.15) is 6.61 Å². The van der Waals surface area contributed by atoms with Crippen molar-refractivity contribution < 1.29 is 47.4 Å². The van der Waals surface area contributed by atoms with Gasteiger partial charge in [-0.2, -0.15) is 0 Å². The van der Waals surface area contributed by atoms with Gasteiger partial charge in [-0.3, -0.25) is 4.79 Å². The highest BCUT2D eigenvalue weighted by atomic mass is 16.6. The number of unbranched alkanes of at least 4 members (excludes halogenated alkanes) is 12. The minimum Gasteiger partial charge on any atom is -0.463 e. The van der Waals surface area contributed by atoms with Gasteiger partial charge in [0.05, 0.1) is 99.1 Å². The molecule has 0 aliphatic carbocycles. The van der Waals surface area contributed by atoms with Gasteiger partial charge in [-0.15, -0.1) is 0 Å². The molecule has 0 bridgehead atoms. The third kappa shape index (κ3) is 41.2. The maximum absolute atomic E-state index is 11.9. The van der Waals surface area contributed by atoms with Crippen molar-refractivity contribution in [3.8, 4) is 0 Å². The number of ether oxygens (including phenoxy) is 9. The van der Waals surface area contributed by atoms with Crippen LogP contribution < -0.4 is 0 Å². The second-order valence-electron chi connectivity index (χ2n) is 12.1. The second-order valence-corrected chi connectivity index (χ2v) is 12.1. The molecule has 0 fully saturated rings. The van der Waals surface area contributed by atoms with Crippen LogP contribution in [0.3, 0.4) is 0 Å². The molecule has 1 atom stereocenters. The molecule has 47 heavy (non-hydrogen) atoms. The molecule has 0 amide bonds. The van der Waals surface area contributed by atoms with Crippen molar-refractivity contribution >= 4 is 5.97 Å². The first-order valence-corrected chi connectivity index (χ1v) is 19.0. The Morgan fingerprint density at radius 3 is 1.04 bits per heavy atom. The Morgan fingerprint density at radius 1 is 0.404 bits per heavy atom. The van der Waals surface area contributed by atoms with E-state index in [1.54, 1.807) is 0 Å². The minimum absolute atomic E-state index is 0.127. The second kappa shape index (κ2) is 41.3. The summed E-state index contributed by atoms with van der Waals surface area (Å²) in [7, 11) is 0. The Kier molecular flexibility index (Phi) is 40.6. The number of rotatable bonds is 41. The number of hydrogen-bond donors (Lipinski definition) is 0. The van der Waals surface area contributed by atoms with Crippen molar-refractivity contribution in [2.75, 3.05) is 112 Å². The Morgan fingerprint density at radius 2 is 0.702 bits per heavy atom. The van der Waals surface area contributed by atoms with Crippen LogP contribution in [-0.2, 0) is 47.4 Å². The number of carbonyl (C=O) groups excluding carboxylic acids is 1. The Labute approximate surface area is 288 Å². The van der Waals surface area contributed by atoms with Crippen LogP contribution in [0.4, 0.5) is 0 Å². The Balaban J connectivity index is 3.14. The van der Waals surface area contributed by atoms with Crippen LogP contribution in [0, 0.1) is 5.92 Å². The van der Waals surface area contributed by atoms with E-state index in [9.17, 15) is 4.79 Å². The van der Waals surface area contributed by atoms with E-state index in [0.717, 1.165) is 25.9 Å². The average Bonchev–Trinajstić information content (AvgIpc) is 3.08. The molecule has 0 N–H and O–H groups in total. The molecule has 1 unspecified atom stereocenters. The third-order valence-corrected chi connectivity index (χ3v) is 7.68. The lowest BCUT2D eigenvalue weighted by molar-refractivity contribution is -0.145. The Bertz CT molecular complexity index is 595. The zero-order chi connectivity index (χ0) is 34.1. The van der Waals surface area contributed by atoms with Crippen molar-refractivity contribution in [1.29, 1.82) is 0 Å². The lowest BCUT2D eigenvalue weighted by Gasteiger charge is -2.10. The van der Waals surface area contributed by atoms with Crippen molar-refractivity contribution in [3.05, 3.63) is 0 Å². The summed E-state index contributed by atoms with van der Waals surface area (Å²) in [5.74, 6) is 0.471. The van der Waals surface area contributed by atoms with Crippen LogP contribution in [0.5, 0.6) is 0 Å². The van der Waals surface area contributed by atoms with E-state index in [1.807, 2.05) is 0 Å². The molecule has 0 rings (SSSR count). The zero-order valence-corrected chi connectivity index (χ0v) is 30.8. The quantitative estimate of drug-likeness (QED) is 0.0488. The summed E-state index contributed by atoms with van der Waals surface area (Å²) in [6.07, 6.45) is 18.5. The van der Waals surface area contributed by atoms with Crippen LogP contribution >= 0.6 is 0 Å². The molecule has 0 aromatic carbocycles. The van der Waals surface area contributed by atoms with Gasteiger partial charge in [0, 0.05) is 13.0 Å². The normalized spacial score (nSPS) is 12.1. The van der Waals surface area contributed by atoms with Gasteiger partial charge >= 0.3 is 5.97 Å². The molecule has 0 aromatic rings. The minimum atomic E-state index is -0.127. The highest BCUT2D eigenvalue weighted by Gasteiger charge is 2.03. The summed E-state index contributed by atoms with van der Waals surface area (Å²) in [6, 6.07) is 0. The number of hydrogen-bond acceptors (Lipinski definition) is 10. The maximum Gasteiger partial charge on any atom is 0.305 e. The van der Waals surface area contributed by atoms with Gasteiger partial charge in [-0.25, -0.2) is 0 Å². The SMILES string of the molecule is CCCCCCCCCCCCCCCC(=O)OCCOCCOCCOCCOCCOCCOCCOCCOCC(C)CC. The molecule has 0 aliphatic heterocycles. The van der Waals surface area contributed by atoms with Crippen molar-refractivity contribution in [1.82, 2.24) is 0 Å². The first-order chi connectivity index (χ1) is 23.2. The van der Waals surface area contributed by atoms with Crippen molar-refractivity contribution in [2.45, 2.75) is 117 Å². The van der Waals surface area contributed by atoms with Crippen molar-refractivity contribution in [2.24, 2.45) is 5.92 Å². The van der Waals surface area contributed by atoms with Crippen molar-refractivity contribution in [3.63, 3.8) is 0 Å². The van der Waals surface area contributed by atoms with Crippen LogP contribution in [-0.4, -0.2) is 118 Å². The molecule has 0 radical (unpaired) electrons. The molecule has 282 valence electrons. The summed E-state index contributed by atoms with van der Waals surface area (Å²) in [5, 5.41) is 0. The number of esters is 1. The van der Waals surface area contributed by atoms with Gasteiger partial charge in [-0.05, 0) is 12.3 Å².